The Kier molecular flexibility index (Phi) is 3.64. The molecule has 1 aliphatic carbocycles. The molecule has 3 N–H and O–H groups in total. The van der Waals surface area contributed by atoms with E-state index in [0.717, 1.165) is 18.4 Å². The summed E-state index contributed by atoms with van der Waals surface area (Å²) < 4.78 is 1.20. The highest BCUT2D eigenvalue weighted by Gasteiger charge is 2.30. The Labute approximate surface area is 104 Å². The molecular weight excluding hydrogens is 301 g/mol. The van der Waals surface area contributed by atoms with Crippen LogP contribution in [0.15, 0.2) is 24.3 Å². The molecule has 1 aromatic carbocycles. The summed E-state index contributed by atoms with van der Waals surface area (Å²) in [6.45, 7) is 0. The van der Waals surface area contributed by atoms with Crippen molar-refractivity contribution in [2.24, 2.45) is 11.7 Å². The van der Waals surface area contributed by atoms with Crippen molar-refractivity contribution in [1.82, 2.24) is 0 Å². The normalized spacial score (nSPS) is 20.7. The summed E-state index contributed by atoms with van der Waals surface area (Å²) in [5, 5.41) is 10.0. The fourth-order valence-corrected chi connectivity index (χ4v) is 2.32. The van der Waals surface area contributed by atoms with E-state index in [2.05, 4.69) is 22.6 Å². The van der Waals surface area contributed by atoms with E-state index in [1.54, 1.807) is 0 Å². The van der Waals surface area contributed by atoms with Crippen molar-refractivity contribution in [2.45, 2.75) is 31.4 Å². The molecule has 0 unspecified atom stereocenters. The summed E-state index contributed by atoms with van der Waals surface area (Å²) >= 11 is 2.27. The molecule has 0 amide bonds. The Hall–Kier alpha value is -0.130. The molecule has 2 atom stereocenters. The van der Waals surface area contributed by atoms with Crippen LogP contribution in [0, 0.1) is 9.49 Å². The molecule has 2 nitrogen and oxygen atoms in total. The smallest absolute Gasteiger partial charge is 0.0760 e. The summed E-state index contributed by atoms with van der Waals surface area (Å²) in [6.07, 6.45) is 3.11. The van der Waals surface area contributed by atoms with Gasteiger partial charge in [0.15, 0.2) is 0 Å². The first-order chi connectivity index (χ1) is 7.18. The minimum Gasteiger partial charge on any atom is -0.391 e. The number of benzene rings is 1. The van der Waals surface area contributed by atoms with Crippen LogP contribution in [0.5, 0.6) is 0 Å². The topological polar surface area (TPSA) is 46.2 Å². The van der Waals surface area contributed by atoms with Crippen molar-refractivity contribution < 1.29 is 5.11 Å². The van der Waals surface area contributed by atoms with Crippen LogP contribution in [-0.4, -0.2) is 11.2 Å². The van der Waals surface area contributed by atoms with Crippen molar-refractivity contribution in [3.63, 3.8) is 0 Å². The number of aliphatic hydroxyl groups is 1. The van der Waals surface area contributed by atoms with Gasteiger partial charge in [-0.2, -0.15) is 0 Å². The van der Waals surface area contributed by atoms with Gasteiger partial charge >= 0.3 is 0 Å². The van der Waals surface area contributed by atoms with Crippen LogP contribution in [0.3, 0.4) is 0 Å². The van der Waals surface area contributed by atoms with Crippen molar-refractivity contribution in [3.8, 4) is 0 Å². The van der Waals surface area contributed by atoms with Gasteiger partial charge in [-0.15, -0.1) is 0 Å². The van der Waals surface area contributed by atoms with Crippen molar-refractivity contribution in [2.75, 3.05) is 0 Å². The van der Waals surface area contributed by atoms with E-state index >= 15 is 0 Å². The molecule has 0 radical (unpaired) electrons. The lowest BCUT2D eigenvalue weighted by Crippen LogP contribution is -2.36. The van der Waals surface area contributed by atoms with E-state index < -0.39 is 0 Å². The minimum absolute atomic E-state index is 0.229. The Morgan fingerprint density at radius 1 is 1.27 bits per heavy atom. The summed E-state index contributed by atoms with van der Waals surface area (Å²) in [5.41, 5.74) is 7.08. The first-order valence-corrected chi connectivity index (χ1v) is 6.45. The molecule has 15 heavy (non-hydrogen) atoms. The molecule has 1 saturated carbocycles. The second-order valence-corrected chi connectivity index (χ2v) is 5.50. The second kappa shape index (κ2) is 4.80. The van der Waals surface area contributed by atoms with E-state index in [1.807, 2.05) is 24.3 Å². The van der Waals surface area contributed by atoms with Gasteiger partial charge in [-0.1, -0.05) is 18.6 Å². The van der Waals surface area contributed by atoms with Crippen LogP contribution in [0.2, 0.25) is 0 Å². The quantitative estimate of drug-likeness (QED) is 0.841. The van der Waals surface area contributed by atoms with Gasteiger partial charge in [-0.25, -0.2) is 0 Å². The fraction of sp³-hybridized carbons (Fsp3) is 0.500. The molecule has 2 rings (SSSR count). The predicted octanol–water partition coefficient (Wildman–Crippen LogP) is 2.45. The zero-order valence-electron chi connectivity index (χ0n) is 8.57. The molecule has 1 fully saturated rings. The van der Waals surface area contributed by atoms with Crippen LogP contribution in [-0.2, 0) is 0 Å². The van der Waals surface area contributed by atoms with Crippen LogP contribution in [0.25, 0.3) is 0 Å². The zero-order chi connectivity index (χ0) is 10.8. The maximum atomic E-state index is 10.0. The van der Waals surface area contributed by atoms with Gasteiger partial charge in [-0.05, 0) is 59.0 Å². The monoisotopic (exact) mass is 317 g/mol. The van der Waals surface area contributed by atoms with E-state index in [0.29, 0.717) is 5.92 Å². The van der Waals surface area contributed by atoms with E-state index in [-0.39, 0.29) is 12.1 Å². The lowest BCUT2D eigenvalue weighted by molar-refractivity contribution is 0.0414. The molecule has 0 aliphatic heterocycles. The molecule has 3 heteroatoms. The first kappa shape index (κ1) is 11.4. The number of aliphatic hydroxyl groups excluding tert-OH is 1. The van der Waals surface area contributed by atoms with Crippen LogP contribution < -0.4 is 5.73 Å². The maximum Gasteiger partial charge on any atom is 0.0760 e. The molecule has 82 valence electrons. The number of hydrogen-bond acceptors (Lipinski definition) is 2. The minimum atomic E-state index is -0.376. The Morgan fingerprint density at radius 2 is 1.87 bits per heavy atom. The third kappa shape index (κ3) is 2.52. The zero-order valence-corrected chi connectivity index (χ0v) is 10.7. The molecule has 0 bridgehead atoms. The third-order valence-corrected chi connectivity index (χ3v) is 3.97. The lowest BCUT2D eigenvalue weighted by atomic mass is 9.77. The van der Waals surface area contributed by atoms with Crippen molar-refractivity contribution in [3.05, 3.63) is 33.4 Å². The van der Waals surface area contributed by atoms with Crippen LogP contribution in [0.4, 0.5) is 0 Å². The molecule has 0 spiro atoms. The highest BCUT2D eigenvalue weighted by Crippen LogP contribution is 2.34. The summed E-state index contributed by atoms with van der Waals surface area (Å²) in [4.78, 5) is 0. The SMILES string of the molecule is N[C@@H](c1ccc(I)cc1)[C@H](O)C1CCC1. The Morgan fingerprint density at radius 3 is 2.33 bits per heavy atom. The Bertz CT molecular complexity index is 321. The molecular formula is C12H16INO. The van der Waals surface area contributed by atoms with Gasteiger partial charge in [0.05, 0.1) is 12.1 Å². The van der Waals surface area contributed by atoms with Gasteiger partial charge in [0.25, 0.3) is 0 Å². The highest BCUT2D eigenvalue weighted by molar-refractivity contribution is 14.1. The predicted molar refractivity (Wildman–Crippen MR) is 69.4 cm³/mol. The van der Waals surface area contributed by atoms with Gasteiger partial charge in [0.1, 0.15) is 0 Å². The van der Waals surface area contributed by atoms with Gasteiger partial charge in [0, 0.05) is 3.57 Å². The number of rotatable bonds is 3. The first-order valence-electron chi connectivity index (χ1n) is 5.37. The van der Waals surface area contributed by atoms with Gasteiger partial charge in [0.2, 0.25) is 0 Å². The molecule has 1 aromatic rings. The largest absolute Gasteiger partial charge is 0.391 e. The average molecular weight is 317 g/mol. The van der Waals surface area contributed by atoms with Gasteiger partial charge in [-0.3, -0.25) is 0 Å². The van der Waals surface area contributed by atoms with E-state index in [1.165, 1.54) is 9.99 Å². The molecule has 0 saturated heterocycles. The molecule has 0 heterocycles. The van der Waals surface area contributed by atoms with E-state index in [9.17, 15) is 5.11 Å². The number of hydrogen-bond donors (Lipinski definition) is 2. The second-order valence-electron chi connectivity index (χ2n) is 4.26. The highest BCUT2D eigenvalue weighted by atomic mass is 127. The lowest BCUT2D eigenvalue weighted by Gasteiger charge is -2.33. The standard InChI is InChI=1S/C12H16INO/c13-10-6-4-8(5-7-10)11(14)12(15)9-2-1-3-9/h4-7,9,11-12,15H,1-3,14H2/t11-,12+/m0/s1. The third-order valence-electron chi connectivity index (χ3n) is 3.26. The fourth-order valence-electron chi connectivity index (χ4n) is 1.96. The van der Waals surface area contributed by atoms with E-state index in [4.69, 9.17) is 5.73 Å². The van der Waals surface area contributed by atoms with Crippen molar-refractivity contribution in [1.29, 1.82) is 0 Å². The molecule has 1 aliphatic rings. The molecule has 0 aromatic heterocycles. The number of nitrogens with two attached hydrogens (primary N) is 1. The summed E-state index contributed by atoms with van der Waals surface area (Å²) in [6, 6.07) is 7.85. The average Bonchev–Trinajstić information content (AvgIpc) is 2.15. The van der Waals surface area contributed by atoms with Gasteiger partial charge < -0.3 is 10.8 Å². The van der Waals surface area contributed by atoms with Crippen LogP contribution in [0.1, 0.15) is 30.9 Å². The number of halogens is 1. The van der Waals surface area contributed by atoms with Crippen LogP contribution >= 0.6 is 22.6 Å². The summed E-state index contributed by atoms with van der Waals surface area (Å²) in [5.74, 6) is 0.416. The maximum absolute atomic E-state index is 10.0. The van der Waals surface area contributed by atoms with Crippen molar-refractivity contribution >= 4 is 22.6 Å². The summed E-state index contributed by atoms with van der Waals surface area (Å²) in [7, 11) is 0. The Balaban J connectivity index is 2.05.